The predicted molar refractivity (Wildman–Crippen MR) is 103 cm³/mol. The van der Waals surface area contributed by atoms with Crippen LogP contribution < -0.4 is 19.9 Å². The summed E-state index contributed by atoms with van der Waals surface area (Å²) in [6.07, 6.45) is 2.56. The number of benzene rings is 2. The van der Waals surface area contributed by atoms with Gasteiger partial charge in [-0.3, -0.25) is 15.0 Å². The van der Waals surface area contributed by atoms with Gasteiger partial charge in [-0.25, -0.2) is 5.01 Å². The molecular weight excluding hydrogens is 358 g/mol. The molecule has 7 nitrogen and oxygen atoms in total. The van der Waals surface area contributed by atoms with Gasteiger partial charge in [0.1, 0.15) is 5.57 Å². The van der Waals surface area contributed by atoms with Crippen LogP contribution in [0.1, 0.15) is 18.4 Å². The van der Waals surface area contributed by atoms with Gasteiger partial charge >= 0.3 is 0 Å². The van der Waals surface area contributed by atoms with Gasteiger partial charge < -0.3 is 9.47 Å². The highest BCUT2D eigenvalue weighted by Gasteiger charge is 2.34. The summed E-state index contributed by atoms with van der Waals surface area (Å²) >= 11 is 0. The quantitative estimate of drug-likeness (QED) is 0.455. The number of amides is 2. The first-order chi connectivity index (χ1) is 13.6. The summed E-state index contributed by atoms with van der Waals surface area (Å²) in [7, 11) is 1.51. The second-order valence-corrected chi connectivity index (χ2v) is 6.00. The molecular formula is C21H19N3O4. The molecule has 7 heteroatoms. The van der Waals surface area contributed by atoms with Gasteiger partial charge in [-0.1, -0.05) is 24.3 Å². The number of hydrogen-bond acceptors (Lipinski definition) is 5. The van der Waals surface area contributed by atoms with E-state index < -0.39 is 11.8 Å². The van der Waals surface area contributed by atoms with Crippen molar-refractivity contribution in [3.05, 3.63) is 59.7 Å². The number of nitrogens with one attached hydrogen (secondary N) is 1. The van der Waals surface area contributed by atoms with Gasteiger partial charge in [0.25, 0.3) is 11.8 Å². The number of para-hydroxylation sites is 1. The highest BCUT2D eigenvalue weighted by molar-refractivity contribution is 6.31. The molecule has 1 aliphatic heterocycles. The van der Waals surface area contributed by atoms with E-state index in [1.54, 1.807) is 42.5 Å². The molecule has 142 valence electrons. The van der Waals surface area contributed by atoms with Crippen LogP contribution in [-0.4, -0.2) is 25.5 Å². The summed E-state index contributed by atoms with van der Waals surface area (Å²) in [6.45, 7) is 0.400. The fourth-order valence-corrected chi connectivity index (χ4v) is 2.71. The smallest absolute Gasteiger partial charge is 0.282 e. The molecule has 1 saturated heterocycles. The Morgan fingerprint density at radius 2 is 1.93 bits per heavy atom. The Morgan fingerprint density at radius 3 is 2.64 bits per heavy atom. The molecule has 0 spiro atoms. The van der Waals surface area contributed by atoms with E-state index in [0.29, 0.717) is 42.2 Å². The van der Waals surface area contributed by atoms with Crippen LogP contribution in [0.4, 0.5) is 5.69 Å². The van der Waals surface area contributed by atoms with Crippen LogP contribution in [0.2, 0.25) is 0 Å². The SMILES string of the molecule is COc1cc(/C=C2\C(=O)NN(c3ccccc3)C2=O)ccc1OCCCC#N. The summed E-state index contributed by atoms with van der Waals surface area (Å²) in [4.78, 5) is 24.9. The molecule has 1 N–H and O–H groups in total. The molecule has 28 heavy (non-hydrogen) atoms. The Hall–Kier alpha value is -3.79. The lowest BCUT2D eigenvalue weighted by Crippen LogP contribution is -2.35. The van der Waals surface area contributed by atoms with E-state index in [2.05, 4.69) is 11.5 Å². The number of nitriles is 1. The Kier molecular flexibility index (Phi) is 5.92. The average molecular weight is 377 g/mol. The number of carbonyl (C=O) groups excluding carboxylic acids is 2. The lowest BCUT2D eigenvalue weighted by Gasteiger charge is -2.14. The van der Waals surface area contributed by atoms with Crippen LogP contribution in [-0.2, 0) is 9.59 Å². The molecule has 2 aromatic rings. The van der Waals surface area contributed by atoms with Gasteiger partial charge in [-0.15, -0.1) is 0 Å². The molecule has 3 rings (SSSR count). The molecule has 0 aromatic heterocycles. The van der Waals surface area contributed by atoms with Crippen molar-refractivity contribution in [3.63, 3.8) is 0 Å². The highest BCUT2D eigenvalue weighted by Crippen LogP contribution is 2.30. The van der Waals surface area contributed by atoms with Gasteiger partial charge in [-0.05, 0) is 42.3 Å². The number of carbonyl (C=O) groups is 2. The Balaban J connectivity index is 1.80. The second kappa shape index (κ2) is 8.73. The fourth-order valence-electron chi connectivity index (χ4n) is 2.71. The fraction of sp³-hybridized carbons (Fsp3) is 0.190. The van der Waals surface area contributed by atoms with Gasteiger partial charge in [-0.2, -0.15) is 5.26 Å². The third-order valence-corrected chi connectivity index (χ3v) is 4.10. The topological polar surface area (TPSA) is 91.7 Å². The molecule has 2 amide bonds. The van der Waals surface area contributed by atoms with E-state index >= 15 is 0 Å². The summed E-state index contributed by atoms with van der Waals surface area (Å²) < 4.78 is 11.0. The minimum absolute atomic E-state index is 0.0357. The van der Waals surface area contributed by atoms with Crippen LogP contribution in [0.3, 0.4) is 0 Å². The van der Waals surface area contributed by atoms with E-state index in [1.807, 2.05) is 6.07 Å². The van der Waals surface area contributed by atoms with E-state index in [4.69, 9.17) is 14.7 Å². The van der Waals surface area contributed by atoms with Crippen LogP contribution in [0, 0.1) is 11.3 Å². The number of hydrazine groups is 1. The van der Waals surface area contributed by atoms with E-state index in [1.165, 1.54) is 18.2 Å². The van der Waals surface area contributed by atoms with E-state index in [-0.39, 0.29) is 5.57 Å². The molecule has 0 unspecified atom stereocenters. The van der Waals surface area contributed by atoms with Crippen molar-refractivity contribution in [1.82, 2.24) is 5.43 Å². The molecule has 0 bridgehead atoms. The van der Waals surface area contributed by atoms with Crippen LogP contribution >= 0.6 is 0 Å². The first-order valence-corrected chi connectivity index (χ1v) is 8.74. The average Bonchev–Trinajstić information content (AvgIpc) is 3.00. The van der Waals surface area contributed by atoms with Gasteiger partial charge in [0, 0.05) is 6.42 Å². The number of anilines is 1. The minimum Gasteiger partial charge on any atom is -0.493 e. The summed E-state index contributed by atoms with van der Waals surface area (Å²) in [6, 6.07) is 16.1. The minimum atomic E-state index is -0.468. The maximum Gasteiger partial charge on any atom is 0.282 e. The number of rotatable bonds is 7. The van der Waals surface area contributed by atoms with Crippen molar-refractivity contribution in [2.75, 3.05) is 18.7 Å². The Labute approximate surface area is 162 Å². The molecule has 1 fully saturated rings. The normalized spacial score (nSPS) is 14.7. The summed E-state index contributed by atoms with van der Waals surface area (Å²) in [5.74, 6) is 0.129. The van der Waals surface area contributed by atoms with Crippen molar-refractivity contribution >= 4 is 23.6 Å². The van der Waals surface area contributed by atoms with Crippen molar-refractivity contribution in [3.8, 4) is 17.6 Å². The van der Waals surface area contributed by atoms with Crippen LogP contribution in [0.5, 0.6) is 11.5 Å². The zero-order valence-electron chi connectivity index (χ0n) is 15.3. The number of hydrogen-bond donors (Lipinski definition) is 1. The monoisotopic (exact) mass is 377 g/mol. The van der Waals surface area contributed by atoms with Crippen LogP contribution in [0.15, 0.2) is 54.1 Å². The second-order valence-electron chi connectivity index (χ2n) is 6.00. The first-order valence-electron chi connectivity index (χ1n) is 8.74. The highest BCUT2D eigenvalue weighted by atomic mass is 16.5. The zero-order valence-corrected chi connectivity index (χ0v) is 15.3. The summed E-state index contributed by atoms with van der Waals surface area (Å²) in [5, 5.41) is 9.79. The first kappa shape index (κ1) is 19.0. The molecule has 1 heterocycles. The zero-order chi connectivity index (χ0) is 19.9. The van der Waals surface area contributed by atoms with Crippen molar-refractivity contribution < 1.29 is 19.1 Å². The van der Waals surface area contributed by atoms with Gasteiger partial charge in [0.2, 0.25) is 0 Å². The molecule has 0 aliphatic carbocycles. The lowest BCUT2D eigenvalue weighted by atomic mass is 10.1. The van der Waals surface area contributed by atoms with Crippen molar-refractivity contribution in [2.24, 2.45) is 0 Å². The number of ether oxygens (including phenoxy) is 2. The Morgan fingerprint density at radius 1 is 1.14 bits per heavy atom. The molecule has 2 aromatic carbocycles. The summed E-state index contributed by atoms with van der Waals surface area (Å²) in [5.41, 5.74) is 3.82. The lowest BCUT2D eigenvalue weighted by molar-refractivity contribution is -0.117. The predicted octanol–water partition coefficient (Wildman–Crippen LogP) is 2.84. The standard InChI is InChI=1S/C21H19N3O4/c1-27-19-14-15(9-10-18(19)28-12-6-5-11-22)13-17-20(25)23-24(21(17)26)16-7-3-2-4-8-16/h2-4,7-10,13-14H,5-6,12H2,1H3,(H,23,25)/b17-13+. The maximum atomic E-state index is 12.6. The number of unbranched alkanes of at least 4 members (excludes halogenated alkanes) is 1. The molecule has 1 aliphatic rings. The third-order valence-electron chi connectivity index (χ3n) is 4.10. The molecule has 0 radical (unpaired) electrons. The van der Waals surface area contributed by atoms with E-state index in [9.17, 15) is 9.59 Å². The largest absolute Gasteiger partial charge is 0.493 e. The Bertz CT molecular complexity index is 948. The molecule has 0 saturated carbocycles. The van der Waals surface area contributed by atoms with E-state index in [0.717, 1.165) is 0 Å². The number of nitrogens with zero attached hydrogens (tertiary/aromatic N) is 2. The van der Waals surface area contributed by atoms with Crippen molar-refractivity contribution in [2.45, 2.75) is 12.8 Å². The maximum absolute atomic E-state index is 12.6. The molecule has 0 atom stereocenters. The van der Waals surface area contributed by atoms with Gasteiger partial charge in [0.05, 0.1) is 25.5 Å². The van der Waals surface area contributed by atoms with Crippen molar-refractivity contribution in [1.29, 1.82) is 5.26 Å². The third kappa shape index (κ3) is 4.13. The number of methoxy groups -OCH3 is 1. The van der Waals surface area contributed by atoms with Crippen LogP contribution in [0.25, 0.3) is 6.08 Å². The van der Waals surface area contributed by atoms with Gasteiger partial charge in [0.15, 0.2) is 11.5 Å².